The number of amides is 1. The summed E-state index contributed by atoms with van der Waals surface area (Å²) in [6.07, 6.45) is 6.71. The van der Waals surface area contributed by atoms with Crippen LogP contribution in [0.1, 0.15) is 33.1 Å². The van der Waals surface area contributed by atoms with Gasteiger partial charge in [0.05, 0.1) is 5.75 Å². The first kappa shape index (κ1) is 24.7. The highest BCUT2D eigenvalue weighted by atomic mass is 32.2. The van der Waals surface area contributed by atoms with E-state index in [0.29, 0.717) is 39.5 Å². The molecule has 1 N–H and O–H groups in total. The van der Waals surface area contributed by atoms with E-state index in [1.807, 2.05) is 16.7 Å². The van der Waals surface area contributed by atoms with Gasteiger partial charge in [0.25, 0.3) is 5.76 Å². The Balaban J connectivity index is 1.54. The number of carbonyl (C=O) groups is 1. The quantitative estimate of drug-likeness (QED) is 0.399. The second-order valence-electron chi connectivity index (χ2n) is 8.49. The van der Waals surface area contributed by atoms with Gasteiger partial charge in [-0.3, -0.25) is 14.3 Å². The van der Waals surface area contributed by atoms with Gasteiger partial charge in [0, 0.05) is 34.6 Å². The molecule has 1 aromatic carbocycles. The Morgan fingerprint density at radius 2 is 1.97 bits per heavy atom. The lowest BCUT2D eigenvalue weighted by molar-refractivity contribution is -0.120. The van der Waals surface area contributed by atoms with Gasteiger partial charge < -0.3 is 5.32 Å². The number of pyridine rings is 1. The van der Waals surface area contributed by atoms with E-state index in [9.17, 15) is 13.6 Å². The number of nitrogens with one attached hydrogen (secondary N) is 1. The van der Waals surface area contributed by atoms with E-state index in [0.717, 1.165) is 24.1 Å². The van der Waals surface area contributed by atoms with Crippen LogP contribution in [-0.2, 0) is 4.79 Å². The number of thioether (sulfide) groups is 2. The van der Waals surface area contributed by atoms with E-state index in [4.69, 9.17) is 0 Å². The van der Waals surface area contributed by atoms with Crippen molar-refractivity contribution in [3.63, 3.8) is 0 Å². The molecular formula is C24H27F2N5OS2. The van der Waals surface area contributed by atoms with Crippen molar-refractivity contribution in [2.45, 2.75) is 55.0 Å². The molecule has 180 valence electrons. The van der Waals surface area contributed by atoms with E-state index in [2.05, 4.69) is 34.3 Å². The molecule has 1 fully saturated rings. The minimum Gasteiger partial charge on any atom is -0.352 e. The van der Waals surface area contributed by atoms with Crippen LogP contribution >= 0.6 is 23.5 Å². The standard InChI is InChI=1S/C24H27F2N5OS2/c1-15-5-3-7-20(16(15)2)28-21(32)14-33-24-30-29-22(17-6-4-12-27-13-17)31(24)18-8-10-19(11-9-18)34-23(25)26/h4,6,8-13,15-16,20,23H,3,5,7,14H2,1-2H3,(H,28,32)/t15-,16+,20+/m1/s1. The summed E-state index contributed by atoms with van der Waals surface area (Å²) in [6.45, 7) is 4.44. The highest BCUT2D eigenvalue weighted by Gasteiger charge is 2.28. The Morgan fingerprint density at radius 1 is 1.18 bits per heavy atom. The molecule has 6 nitrogen and oxygen atoms in total. The number of alkyl halides is 2. The average molecular weight is 504 g/mol. The molecule has 2 aromatic heterocycles. The first-order valence-electron chi connectivity index (χ1n) is 11.3. The second kappa shape index (κ2) is 11.3. The summed E-state index contributed by atoms with van der Waals surface area (Å²) in [7, 11) is 0. The van der Waals surface area contributed by atoms with Gasteiger partial charge in [-0.15, -0.1) is 10.2 Å². The van der Waals surface area contributed by atoms with Crippen molar-refractivity contribution in [3.8, 4) is 17.1 Å². The van der Waals surface area contributed by atoms with Crippen LogP contribution in [-0.4, -0.2) is 43.2 Å². The molecule has 0 unspecified atom stereocenters. The van der Waals surface area contributed by atoms with Gasteiger partial charge in [0.1, 0.15) is 0 Å². The van der Waals surface area contributed by atoms with Crippen LogP contribution in [0.3, 0.4) is 0 Å². The Hall–Kier alpha value is -2.46. The van der Waals surface area contributed by atoms with Crippen LogP contribution in [0.5, 0.6) is 0 Å². The zero-order valence-electron chi connectivity index (χ0n) is 19.0. The van der Waals surface area contributed by atoms with Crippen LogP contribution in [0.25, 0.3) is 17.1 Å². The van der Waals surface area contributed by atoms with E-state index < -0.39 is 5.76 Å². The third-order valence-electron chi connectivity index (χ3n) is 6.26. The summed E-state index contributed by atoms with van der Waals surface area (Å²) in [5.41, 5.74) is 1.49. The smallest absolute Gasteiger partial charge is 0.288 e. The normalized spacial score (nSPS) is 20.4. The maximum absolute atomic E-state index is 12.7. The predicted molar refractivity (Wildman–Crippen MR) is 131 cm³/mol. The number of carbonyl (C=O) groups excluding carboxylic acids is 1. The van der Waals surface area contributed by atoms with Gasteiger partial charge in [-0.05, 0) is 54.7 Å². The van der Waals surface area contributed by atoms with Gasteiger partial charge in [0.2, 0.25) is 5.91 Å². The molecule has 3 atom stereocenters. The van der Waals surface area contributed by atoms with E-state index in [1.165, 1.54) is 18.2 Å². The molecule has 0 spiro atoms. The minimum absolute atomic E-state index is 0.0305. The number of nitrogens with zero attached hydrogens (tertiary/aromatic N) is 4. The predicted octanol–water partition coefficient (Wildman–Crippen LogP) is 5.68. The second-order valence-corrected chi connectivity index (χ2v) is 10.5. The summed E-state index contributed by atoms with van der Waals surface area (Å²) in [6, 6.07) is 10.7. The summed E-state index contributed by atoms with van der Waals surface area (Å²) in [5, 5.41) is 12.4. The molecule has 1 amide bonds. The Labute approximate surface area is 206 Å². The summed E-state index contributed by atoms with van der Waals surface area (Å²) < 4.78 is 27.3. The zero-order chi connectivity index (χ0) is 24.1. The molecule has 1 aliphatic carbocycles. The summed E-state index contributed by atoms with van der Waals surface area (Å²) in [5.74, 6) is -0.679. The Kier molecular flexibility index (Phi) is 8.20. The molecule has 3 aromatic rings. The van der Waals surface area contributed by atoms with Crippen molar-refractivity contribution in [2.24, 2.45) is 11.8 Å². The fourth-order valence-electron chi connectivity index (χ4n) is 4.22. The van der Waals surface area contributed by atoms with Crippen LogP contribution in [0, 0.1) is 11.8 Å². The maximum Gasteiger partial charge on any atom is 0.288 e. The maximum atomic E-state index is 12.7. The van der Waals surface area contributed by atoms with E-state index in [1.54, 1.807) is 36.7 Å². The summed E-state index contributed by atoms with van der Waals surface area (Å²) >= 11 is 1.80. The Morgan fingerprint density at radius 3 is 2.68 bits per heavy atom. The van der Waals surface area contributed by atoms with Gasteiger partial charge >= 0.3 is 0 Å². The monoisotopic (exact) mass is 503 g/mol. The SMILES string of the molecule is C[C@H]1[C@H](C)CCC[C@@H]1NC(=O)CSc1nnc(-c2cccnc2)n1-c1ccc(SC(F)F)cc1. The minimum atomic E-state index is -2.48. The highest BCUT2D eigenvalue weighted by molar-refractivity contribution is 8.00. The fourth-order valence-corrected chi connectivity index (χ4v) is 5.48. The molecule has 1 aliphatic rings. The number of benzene rings is 1. The molecule has 0 aliphatic heterocycles. The van der Waals surface area contributed by atoms with Crippen LogP contribution in [0.2, 0.25) is 0 Å². The van der Waals surface area contributed by atoms with Crippen molar-refractivity contribution in [1.29, 1.82) is 0 Å². The first-order valence-corrected chi connectivity index (χ1v) is 13.1. The van der Waals surface area contributed by atoms with Crippen molar-refractivity contribution >= 4 is 29.4 Å². The average Bonchev–Trinajstić information content (AvgIpc) is 3.25. The lowest BCUT2D eigenvalue weighted by Crippen LogP contribution is -2.44. The van der Waals surface area contributed by atoms with Crippen molar-refractivity contribution in [1.82, 2.24) is 25.1 Å². The fraction of sp³-hybridized carbons (Fsp3) is 0.417. The van der Waals surface area contributed by atoms with Gasteiger partial charge in [-0.25, -0.2) is 0 Å². The van der Waals surface area contributed by atoms with Gasteiger partial charge in [-0.2, -0.15) is 8.78 Å². The number of hydrogen-bond acceptors (Lipinski definition) is 6. The molecule has 0 bridgehead atoms. The molecule has 2 heterocycles. The third kappa shape index (κ3) is 5.96. The van der Waals surface area contributed by atoms with Crippen molar-refractivity contribution in [2.75, 3.05) is 5.75 Å². The highest BCUT2D eigenvalue weighted by Crippen LogP contribution is 2.32. The number of hydrogen-bond donors (Lipinski definition) is 1. The van der Waals surface area contributed by atoms with E-state index >= 15 is 0 Å². The largest absolute Gasteiger partial charge is 0.352 e. The molecule has 0 radical (unpaired) electrons. The zero-order valence-corrected chi connectivity index (χ0v) is 20.7. The van der Waals surface area contributed by atoms with Crippen LogP contribution in [0.4, 0.5) is 8.78 Å². The Bertz CT molecular complexity index is 1090. The molecular weight excluding hydrogens is 476 g/mol. The number of aromatic nitrogens is 4. The number of halogens is 2. The molecule has 34 heavy (non-hydrogen) atoms. The van der Waals surface area contributed by atoms with E-state index in [-0.39, 0.29) is 17.7 Å². The summed E-state index contributed by atoms with van der Waals surface area (Å²) in [4.78, 5) is 17.4. The molecule has 0 saturated heterocycles. The van der Waals surface area contributed by atoms with Crippen LogP contribution < -0.4 is 5.32 Å². The van der Waals surface area contributed by atoms with Crippen LogP contribution in [0.15, 0.2) is 58.8 Å². The van der Waals surface area contributed by atoms with Gasteiger partial charge in [0.15, 0.2) is 11.0 Å². The lowest BCUT2D eigenvalue weighted by Gasteiger charge is -2.34. The van der Waals surface area contributed by atoms with Crippen molar-refractivity contribution < 1.29 is 13.6 Å². The molecule has 4 rings (SSSR count). The van der Waals surface area contributed by atoms with Crippen molar-refractivity contribution in [3.05, 3.63) is 48.8 Å². The lowest BCUT2D eigenvalue weighted by atomic mass is 9.78. The molecule has 10 heteroatoms. The first-order chi connectivity index (χ1) is 16.4. The topological polar surface area (TPSA) is 72.7 Å². The van der Waals surface area contributed by atoms with Gasteiger partial charge in [-0.1, -0.05) is 50.2 Å². The third-order valence-corrected chi connectivity index (χ3v) is 7.91. The molecule has 1 saturated carbocycles. The number of rotatable bonds is 8.